The number of amides is 1. The van der Waals surface area contributed by atoms with Gasteiger partial charge in [0.2, 0.25) is 5.89 Å². The van der Waals surface area contributed by atoms with Crippen LogP contribution in [0, 0.1) is 12.7 Å². The third-order valence-corrected chi connectivity index (χ3v) is 5.09. The summed E-state index contributed by atoms with van der Waals surface area (Å²) in [6.45, 7) is 3.72. The molecule has 0 aliphatic heterocycles. The maximum absolute atomic E-state index is 13.4. The van der Waals surface area contributed by atoms with E-state index in [-0.39, 0.29) is 29.9 Å². The Kier molecular flexibility index (Phi) is 6.09. The van der Waals surface area contributed by atoms with Crippen molar-refractivity contribution in [3.8, 4) is 11.5 Å². The first kappa shape index (κ1) is 21.8. The van der Waals surface area contributed by atoms with E-state index in [0.29, 0.717) is 29.6 Å². The monoisotopic (exact) mass is 458 g/mol. The lowest BCUT2D eigenvalue weighted by atomic mass is 9.75. The number of pyridine rings is 1. The van der Waals surface area contributed by atoms with Crippen LogP contribution in [0.1, 0.15) is 30.7 Å². The van der Waals surface area contributed by atoms with Gasteiger partial charge in [0.05, 0.1) is 16.6 Å². The first-order valence-electron chi connectivity index (χ1n) is 9.77. The molecular formula is C22H20ClFN4O4. The molecule has 0 radical (unpaired) electrons. The third kappa shape index (κ3) is 5.05. The number of aromatic nitrogens is 3. The number of allylic oxidation sites excluding steroid dienone is 2. The summed E-state index contributed by atoms with van der Waals surface area (Å²) in [5.74, 6) is 0.646. The second-order valence-electron chi connectivity index (χ2n) is 7.66. The number of nitrogens with one attached hydrogen (secondary N) is 1. The number of rotatable bonds is 8. The summed E-state index contributed by atoms with van der Waals surface area (Å²) in [6, 6.07) is 5.85. The zero-order valence-electron chi connectivity index (χ0n) is 17.4. The molecule has 1 aromatic carbocycles. The van der Waals surface area contributed by atoms with Gasteiger partial charge in [-0.1, -0.05) is 11.6 Å². The van der Waals surface area contributed by atoms with Gasteiger partial charge in [0, 0.05) is 24.4 Å². The molecule has 0 saturated heterocycles. The number of carbonyl (C=O) groups excluding carboxylic acids is 1. The highest BCUT2D eigenvalue weighted by atomic mass is 35.5. The average Bonchev–Trinajstić information content (AvgIpc) is 3.22. The van der Waals surface area contributed by atoms with E-state index in [2.05, 4.69) is 20.5 Å². The topological polar surface area (TPSA) is 99.4 Å². The second kappa shape index (κ2) is 8.96. The van der Waals surface area contributed by atoms with E-state index in [0.717, 1.165) is 11.6 Å². The molecule has 1 unspecified atom stereocenters. The summed E-state index contributed by atoms with van der Waals surface area (Å²) in [5.41, 5.74) is 1.21. The molecule has 1 atom stereocenters. The van der Waals surface area contributed by atoms with Crippen LogP contribution < -0.4 is 14.8 Å². The molecule has 8 nitrogen and oxygen atoms in total. The Balaban J connectivity index is 1.28. The Bertz CT molecular complexity index is 1180. The van der Waals surface area contributed by atoms with Crippen LogP contribution in [0.5, 0.6) is 11.5 Å². The predicted molar refractivity (Wildman–Crippen MR) is 113 cm³/mol. The van der Waals surface area contributed by atoms with E-state index in [1.54, 1.807) is 12.4 Å². The Labute approximate surface area is 188 Å². The van der Waals surface area contributed by atoms with Crippen molar-refractivity contribution in [3.05, 3.63) is 76.6 Å². The molecule has 1 N–H and O–H groups in total. The fourth-order valence-electron chi connectivity index (χ4n) is 3.19. The number of hydrogen-bond donors (Lipinski definition) is 1. The van der Waals surface area contributed by atoms with Gasteiger partial charge in [-0.2, -0.15) is 0 Å². The van der Waals surface area contributed by atoms with Gasteiger partial charge in [0.25, 0.3) is 11.8 Å². The number of halogens is 2. The lowest BCUT2D eigenvalue weighted by molar-refractivity contribution is -0.122. The van der Waals surface area contributed by atoms with Crippen LogP contribution in [0.4, 0.5) is 4.39 Å². The third-order valence-electron chi connectivity index (χ3n) is 4.78. The molecule has 1 aliphatic carbocycles. The highest BCUT2D eigenvalue weighted by Crippen LogP contribution is 2.39. The van der Waals surface area contributed by atoms with Crippen molar-refractivity contribution < 1.29 is 23.1 Å². The summed E-state index contributed by atoms with van der Waals surface area (Å²) in [6.07, 6.45) is 5.71. The predicted octanol–water partition coefficient (Wildman–Crippen LogP) is 3.89. The molecule has 1 aliphatic rings. The molecule has 0 fully saturated rings. The number of ether oxygens (including phenoxy) is 2. The summed E-state index contributed by atoms with van der Waals surface area (Å²) in [5, 5.41) is 10.9. The maximum atomic E-state index is 13.4. The SMILES string of the molecule is Cc1cncc(OCc2nnc(C3(C)C=C(NC(=O)COc4ccc(Cl)c(F)c4)C3)o2)c1. The normalized spacial score (nSPS) is 17.3. The van der Waals surface area contributed by atoms with Crippen molar-refractivity contribution in [2.45, 2.75) is 32.3 Å². The van der Waals surface area contributed by atoms with Crippen LogP contribution in [0.15, 0.2) is 52.8 Å². The fraction of sp³-hybridized carbons (Fsp3) is 0.273. The van der Waals surface area contributed by atoms with Crippen LogP contribution in [0.2, 0.25) is 5.02 Å². The van der Waals surface area contributed by atoms with Gasteiger partial charge in [-0.25, -0.2) is 4.39 Å². The molecule has 166 valence electrons. The van der Waals surface area contributed by atoms with E-state index in [9.17, 15) is 9.18 Å². The minimum Gasteiger partial charge on any atom is -0.484 e. The lowest BCUT2D eigenvalue weighted by Gasteiger charge is -2.33. The minimum absolute atomic E-state index is 0.0105. The van der Waals surface area contributed by atoms with Crippen LogP contribution >= 0.6 is 11.6 Å². The van der Waals surface area contributed by atoms with Gasteiger partial charge in [0.1, 0.15) is 17.3 Å². The van der Waals surface area contributed by atoms with Crippen molar-refractivity contribution in [2.75, 3.05) is 6.61 Å². The zero-order valence-corrected chi connectivity index (χ0v) is 18.1. The molecule has 4 rings (SSSR count). The van der Waals surface area contributed by atoms with Gasteiger partial charge >= 0.3 is 0 Å². The zero-order chi connectivity index (χ0) is 22.7. The number of aryl methyl sites for hydroxylation is 1. The van der Waals surface area contributed by atoms with Crippen LogP contribution in [0.3, 0.4) is 0 Å². The summed E-state index contributed by atoms with van der Waals surface area (Å²) < 4.78 is 30.1. The summed E-state index contributed by atoms with van der Waals surface area (Å²) in [7, 11) is 0. The van der Waals surface area contributed by atoms with Crippen LogP contribution in [-0.4, -0.2) is 27.7 Å². The highest BCUT2D eigenvalue weighted by molar-refractivity contribution is 6.30. The van der Waals surface area contributed by atoms with Crippen molar-refractivity contribution in [2.24, 2.45) is 0 Å². The molecule has 0 bridgehead atoms. The molecular weight excluding hydrogens is 439 g/mol. The summed E-state index contributed by atoms with van der Waals surface area (Å²) >= 11 is 5.62. The molecule has 32 heavy (non-hydrogen) atoms. The molecule has 0 saturated carbocycles. The lowest BCUT2D eigenvalue weighted by Crippen LogP contribution is -2.39. The van der Waals surface area contributed by atoms with E-state index in [4.69, 9.17) is 25.5 Å². The van der Waals surface area contributed by atoms with E-state index < -0.39 is 11.2 Å². The number of nitrogens with zero attached hydrogens (tertiary/aromatic N) is 3. The van der Waals surface area contributed by atoms with Crippen molar-refractivity contribution >= 4 is 17.5 Å². The van der Waals surface area contributed by atoms with Gasteiger partial charge in [-0.05, 0) is 43.7 Å². The van der Waals surface area contributed by atoms with Crippen molar-refractivity contribution in [1.82, 2.24) is 20.5 Å². The molecule has 1 amide bonds. The van der Waals surface area contributed by atoms with E-state index >= 15 is 0 Å². The van der Waals surface area contributed by atoms with Gasteiger partial charge in [-0.15, -0.1) is 10.2 Å². The molecule has 2 aromatic heterocycles. The van der Waals surface area contributed by atoms with Gasteiger partial charge < -0.3 is 19.2 Å². The molecule has 0 spiro atoms. The Morgan fingerprint density at radius 2 is 2.06 bits per heavy atom. The first-order valence-corrected chi connectivity index (χ1v) is 10.2. The molecule has 2 heterocycles. The van der Waals surface area contributed by atoms with Crippen LogP contribution in [0.25, 0.3) is 0 Å². The van der Waals surface area contributed by atoms with Gasteiger partial charge in [0.15, 0.2) is 13.2 Å². The standard InChI is InChI=1S/C22H20ClFN4O4/c1-13-5-16(10-25-9-13)31-12-20-27-28-21(32-20)22(2)7-14(8-22)26-19(29)11-30-15-3-4-17(23)18(24)6-15/h3-7,9-10H,8,11-12H2,1-2H3,(H,26,29). The van der Waals surface area contributed by atoms with E-state index in [1.807, 2.05) is 26.0 Å². The molecule has 3 aromatic rings. The summed E-state index contributed by atoms with van der Waals surface area (Å²) in [4.78, 5) is 16.2. The van der Waals surface area contributed by atoms with Crippen molar-refractivity contribution in [1.29, 1.82) is 0 Å². The minimum atomic E-state index is -0.609. The quantitative estimate of drug-likeness (QED) is 0.546. The van der Waals surface area contributed by atoms with Crippen LogP contribution in [-0.2, 0) is 16.8 Å². The Hall–Kier alpha value is -3.46. The van der Waals surface area contributed by atoms with Crippen molar-refractivity contribution in [3.63, 3.8) is 0 Å². The largest absolute Gasteiger partial charge is 0.484 e. The number of carbonyl (C=O) groups is 1. The first-order chi connectivity index (χ1) is 15.3. The smallest absolute Gasteiger partial charge is 0.262 e. The number of benzene rings is 1. The maximum Gasteiger partial charge on any atom is 0.262 e. The van der Waals surface area contributed by atoms with E-state index in [1.165, 1.54) is 12.1 Å². The highest BCUT2D eigenvalue weighted by Gasteiger charge is 2.39. The average molecular weight is 459 g/mol. The number of hydrogen-bond acceptors (Lipinski definition) is 7. The fourth-order valence-corrected chi connectivity index (χ4v) is 3.31. The Morgan fingerprint density at radius 1 is 1.25 bits per heavy atom. The Morgan fingerprint density at radius 3 is 2.81 bits per heavy atom. The van der Waals surface area contributed by atoms with Gasteiger partial charge in [-0.3, -0.25) is 9.78 Å². The second-order valence-corrected chi connectivity index (χ2v) is 8.07. The molecule has 10 heteroatoms.